The lowest BCUT2D eigenvalue weighted by Gasteiger charge is -2.51. The number of nitrogens with zero attached hydrogens (tertiary/aromatic N) is 1. The number of primary sulfonamides is 1. The van der Waals surface area contributed by atoms with Crippen LogP contribution in [0.15, 0.2) is 48.6 Å². The molecular weight excluding hydrogens is 600 g/mol. The predicted molar refractivity (Wildman–Crippen MR) is 176 cm³/mol. The molecule has 0 radical (unpaired) electrons. The van der Waals surface area contributed by atoms with Crippen molar-refractivity contribution in [2.24, 2.45) is 22.4 Å². The van der Waals surface area contributed by atoms with Crippen molar-refractivity contribution in [3.63, 3.8) is 0 Å². The molecule has 0 aromatic heterocycles. The van der Waals surface area contributed by atoms with Gasteiger partial charge in [-0.05, 0) is 98.7 Å². The highest BCUT2D eigenvalue weighted by molar-refractivity contribution is 7.89. The zero-order valence-corrected chi connectivity index (χ0v) is 27.9. The van der Waals surface area contributed by atoms with Crippen LogP contribution in [-0.2, 0) is 27.8 Å². The molecule has 0 saturated heterocycles. The van der Waals surface area contributed by atoms with Crippen molar-refractivity contribution in [3.8, 4) is 5.75 Å². The molecule has 2 aromatic rings. The normalized spacial score (nSPS) is 22.3. The van der Waals surface area contributed by atoms with Crippen molar-refractivity contribution in [1.29, 1.82) is 0 Å². The Morgan fingerprint density at radius 3 is 2.66 bits per heavy atom. The quantitative estimate of drug-likeness (QED) is 0.230. The smallest absolute Gasteiger partial charge is 0.338 e. The molecule has 4 rings (SSSR count). The van der Waals surface area contributed by atoms with E-state index >= 15 is 0 Å². The molecule has 0 amide bonds. The molecule has 1 saturated carbocycles. The summed E-state index contributed by atoms with van der Waals surface area (Å²) >= 11 is 6.32. The van der Waals surface area contributed by atoms with Crippen molar-refractivity contribution in [2.45, 2.75) is 84.2 Å². The molecule has 1 fully saturated rings. The van der Waals surface area contributed by atoms with Gasteiger partial charge >= 0.3 is 5.97 Å². The Balaban J connectivity index is 1.60. The van der Waals surface area contributed by atoms with Gasteiger partial charge in [0.1, 0.15) is 12.4 Å². The van der Waals surface area contributed by atoms with E-state index in [0.29, 0.717) is 36.1 Å². The van der Waals surface area contributed by atoms with Crippen molar-refractivity contribution in [2.75, 3.05) is 24.6 Å². The minimum atomic E-state index is -3.63. The second kappa shape index (κ2) is 14.7. The highest BCUT2D eigenvalue weighted by Crippen LogP contribution is 2.50. The number of fused-ring (bicyclic) bond motifs is 2. The van der Waals surface area contributed by atoms with Crippen LogP contribution in [0.3, 0.4) is 0 Å². The van der Waals surface area contributed by atoms with Gasteiger partial charge in [0, 0.05) is 23.5 Å². The molecule has 3 N–H and O–H groups in total. The maximum Gasteiger partial charge on any atom is 0.338 e. The van der Waals surface area contributed by atoms with Crippen LogP contribution < -0.4 is 14.8 Å². The number of halogens is 1. The standard InChI is InChI=1S/C34H47ClN2O6S/c1-23(2)21-43-33(39)26-12-14-31-30(19-26)37(17-6-5-9-25-18-29(35)13-11-27(25)22-42-31)20-28-15-16-34(28,4)32(38)10-7-8-24(3)44(36,40)41/h7,10-14,18-19,23-24,28,32,38H,5-6,8-9,15-17,20-22H2,1-4H3,(H2,36,40,41)/b10-7+/t24-,28+,32+,34-/m1/s1. The largest absolute Gasteiger partial charge is 0.487 e. The van der Waals surface area contributed by atoms with E-state index in [1.54, 1.807) is 25.1 Å². The number of carbonyl (C=O) groups excluding carboxylic acids is 1. The first-order valence-electron chi connectivity index (χ1n) is 15.6. The molecule has 1 aliphatic carbocycles. The molecule has 1 aliphatic heterocycles. The van der Waals surface area contributed by atoms with Gasteiger partial charge in [-0.25, -0.2) is 18.4 Å². The molecule has 2 aliphatic rings. The number of rotatable bonds is 10. The molecule has 10 heteroatoms. The molecule has 242 valence electrons. The summed E-state index contributed by atoms with van der Waals surface area (Å²) in [6.45, 7) is 9.81. The predicted octanol–water partition coefficient (Wildman–Crippen LogP) is 6.28. The molecule has 0 spiro atoms. The number of benzene rings is 2. The van der Waals surface area contributed by atoms with Crippen molar-refractivity contribution >= 4 is 33.3 Å². The maximum atomic E-state index is 13.0. The average molecular weight is 647 g/mol. The lowest BCUT2D eigenvalue weighted by molar-refractivity contribution is -0.0466. The summed E-state index contributed by atoms with van der Waals surface area (Å²) in [4.78, 5) is 15.3. The van der Waals surface area contributed by atoms with Crippen molar-refractivity contribution in [3.05, 3.63) is 70.3 Å². The Kier molecular flexibility index (Phi) is 11.4. The number of ether oxygens (including phenoxy) is 2. The van der Waals surface area contributed by atoms with Crippen LogP contribution in [0.4, 0.5) is 5.69 Å². The number of aryl methyl sites for hydroxylation is 1. The zero-order chi connectivity index (χ0) is 32.1. The van der Waals surface area contributed by atoms with Crippen LogP contribution in [0.2, 0.25) is 5.02 Å². The number of allylic oxidation sites excluding steroid dienone is 1. The van der Waals surface area contributed by atoms with Gasteiger partial charge in [-0.3, -0.25) is 0 Å². The molecule has 4 atom stereocenters. The zero-order valence-electron chi connectivity index (χ0n) is 26.3. The Bertz CT molecular complexity index is 1450. The molecule has 8 nitrogen and oxygen atoms in total. The van der Waals surface area contributed by atoms with E-state index in [-0.39, 0.29) is 29.6 Å². The van der Waals surface area contributed by atoms with Crippen LogP contribution >= 0.6 is 11.6 Å². The van der Waals surface area contributed by atoms with Gasteiger partial charge in [0.15, 0.2) is 0 Å². The lowest BCUT2D eigenvalue weighted by Crippen LogP contribution is -2.51. The summed E-state index contributed by atoms with van der Waals surface area (Å²) in [5.41, 5.74) is 3.20. The number of aliphatic hydroxyl groups excluding tert-OH is 1. The van der Waals surface area contributed by atoms with E-state index in [1.165, 1.54) is 5.56 Å². The SMILES string of the molecule is CC(C)COC(=O)c1ccc2c(c1)N(C[C@@H]1CC[C@@]1(C)[C@@H](O)/C=C/C[C@@H](C)S(N)(=O)=O)CCCCc1cc(Cl)ccc1CO2. The van der Waals surface area contributed by atoms with E-state index in [0.717, 1.165) is 49.9 Å². The van der Waals surface area contributed by atoms with Gasteiger partial charge < -0.3 is 19.5 Å². The summed E-state index contributed by atoms with van der Waals surface area (Å²) in [5.74, 6) is 0.723. The minimum Gasteiger partial charge on any atom is -0.487 e. The lowest BCUT2D eigenvalue weighted by atomic mass is 9.58. The molecule has 0 unspecified atom stereocenters. The van der Waals surface area contributed by atoms with Gasteiger partial charge in [0.2, 0.25) is 10.0 Å². The van der Waals surface area contributed by atoms with E-state index < -0.39 is 21.4 Å². The van der Waals surface area contributed by atoms with E-state index in [4.69, 9.17) is 26.2 Å². The summed E-state index contributed by atoms with van der Waals surface area (Å²) in [6.07, 6.45) is 7.51. The van der Waals surface area contributed by atoms with Crippen LogP contribution in [0.25, 0.3) is 0 Å². The Morgan fingerprint density at radius 1 is 1.20 bits per heavy atom. The summed E-state index contributed by atoms with van der Waals surface area (Å²) in [6, 6.07) is 11.4. The van der Waals surface area contributed by atoms with Crippen molar-refractivity contribution < 1.29 is 27.8 Å². The first-order chi connectivity index (χ1) is 20.8. The third kappa shape index (κ3) is 8.56. The van der Waals surface area contributed by atoms with Gasteiger partial charge in [0.25, 0.3) is 0 Å². The number of hydrogen-bond donors (Lipinski definition) is 2. The topological polar surface area (TPSA) is 119 Å². The third-order valence-electron chi connectivity index (χ3n) is 9.19. The summed E-state index contributed by atoms with van der Waals surface area (Å²) < 4.78 is 35.2. The molecule has 0 bridgehead atoms. The first-order valence-corrected chi connectivity index (χ1v) is 17.6. The van der Waals surface area contributed by atoms with E-state index in [9.17, 15) is 18.3 Å². The second-order valence-electron chi connectivity index (χ2n) is 13.0. The minimum absolute atomic E-state index is 0.170. The summed E-state index contributed by atoms with van der Waals surface area (Å²) in [5, 5.41) is 16.5. The van der Waals surface area contributed by atoms with Crippen LogP contribution in [0.5, 0.6) is 5.75 Å². The molecule has 2 aromatic carbocycles. The number of anilines is 1. The second-order valence-corrected chi connectivity index (χ2v) is 15.4. The number of aliphatic hydroxyl groups is 1. The van der Waals surface area contributed by atoms with Crippen LogP contribution in [0, 0.1) is 17.3 Å². The molecule has 44 heavy (non-hydrogen) atoms. The number of hydrogen-bond acceptors (Lipinski definition) is 7. The number of sulfonamides is 1. The summed E-state index contributed by atoms with van der Waals surface area (Å²) in [7, 11) is -3.63. The fourth-order valence-corrected chi connectivity index (χ4v) is 6.48. The van der Waals surface area contributed by atoms with Crippen LogP contribution in [0.1, 0.15) is 81.3 Å². The van der Waals surface area contributed by atoms with Crippen molar-refractivity contribution in [1.82, 2.24) is 0 Å². The Labute approximate surface area is 267 Å². The Hall–Kier alpha value is -2.59. The first kappa shape index (κ1) is 34.3. The highest BCUT2D eigenvalue weighted by atomic mass is 35.5. The average Bonchev–Trinajstić information content (AvgIpc) is 3.00. The fraction of sp³-hybridized carbons (Fsp3) is 0.559. The van der Waals surface area contributed by atoms with E-state index in [1.807, 2.05) is 44.2 Å². The van der Waals surface area contributed by atoms with Gasteiger partial charge in [-0.2, -0.15) is 0 Å². The molecule has 1 heterocycles. The highest BCUT2D eigenvalue weighted by Gasteiger charge is 2.47. The molecular formula is C34H47ClN2O6S. The van der Waals surface area contributed by atoms with Crippen LogP contribution in [-0.4, -0.2) is 50.5 Å². The Morgan fingerprint density at radius 2 is 1.98 bits per heavy atom. The van der Waals surface area contributed by atoms with Gasteiger partial charge in [-0.15, -0.1) is 0 Å². The third-order valence-corrected chi connectivity index (χ3v) is 10.7. The number of nitrogens with two attached hydrogens (primary N) is 1. The monoisotopic (exact) mass is 646 g/mol. The fourth-order valence-electron chi connectivity index (χ4n) is 5.90. The maximum absolute atomic E-state index is 13.0. The van der Waals surface area contributed by atoms with Gasteiger partial charge in [0.05, 0.1) is 29.2 Å². The van der Waals surface area contributed by atoms with E-state index in [2.05, 4.69) is 11.8 Å². The number of esters is 1. The van der Waals surface area contributed by atoms with Gasteiger partial charge in [-0.1, -0.05) is 50.6 Å². The number of carbonyl (C=O) groups is 1.